The van der Waals surface area contributed by atoms with Crippen molar-refractivity contribution >= 4 is 31.1 Å². The van der Waals surface area contributed by atoms with Crippen molar-refractivity contribution in [3.05, 3.63) is 0 Å². The predicted octanol–water partition coefficient (Wildman–Crippen LogP) is 0.684. The second-order valence-corrected chi connectivity index (χ2v) is 8.98. The Bertz CT molecular complexity index is 596. The van der Waals surface area contributed by atoms with E-state index in [1.807, 2.05) is 0 Å². The molecule has 0 heterocycles. The number of amides is 2. The maximum absolute atomic E-state index is 13.1. The van der Waals surface area contributed by atoms with Gasteiger partial charge in [0.15, 0.2) is 0 Å². The first kappa shape index (κ1) is 26.1. The van der Waals surface area contributed by atoms with Crippen LogP contribution in [0.2, 0.25) is 0 Å². The van der Waals surface area contributed by atoms with Crippen LogP contribution in [0.3, 0.4) is 0 Å². The summed E-state index contributed by atoms with van der Waals surface area (Å²) in [7, 11) is 0.364. The average Bonchev–Trinajstić information content (AvgIpc) is 2.67. The maximum Gasteiger partial charge on any atom is 0.309 e. The third kappa shape index (κ3) is 9.85. The van der Waals surface area contributed by atoms with Gasteiger partial charge in [0.05, 0.1) is 20.1 Å². The van der Waals surface area contributed by atoms with Crippen molar-refractivity contribution < 1.29 is 37.7 Å². The SMILES string of the molecule is CCNC(=O)[C@H](CCP(=O)(CC(CCC(=O)OC)C(=O)OC)OC)NC(C)=O. The minimum Gasteiger partial charge on any atom is -0.469 e. The Morgan fingerprint density at radius 2 is 1.68 bits per heavy atom. The van der Waals surface area contributed by atoms with E-state index < -0.39 is 43.1 Å². The van der Waals surface area contributed by atoms with Crippen LogP contribution in [0.25, 0.3) is 0 Å². The second-order valence-electron chi connectivity index (χ2n) is 6.17. The first-order valence-electron chi connectivity index (χ1n) is 8.95. The summed E-state index contributed by atoms with van der Waals surface area (Å²) in [5.41, 5.74) is 0. The molecule has 0 aromatic rings. The number of likely N-dealkylation sites (N-methyl/N-ethyl adjacent to an activating group) is 1. The third-order valence-corrected chi connectivity index (χ3v) is 6.70. The Balaban J connectivity index is 5.17. The van der Waals surface area contributed by atoms with Gasteiger partial charge in [-0.2, -0.15) is 0 Å². The fourth-order valence-corrected chi connectivity index (χ4v) is 4.74. The molecule has 2 N–H and O–H groups in total. The number of ether oxygens (including phenoxy) is 2. The lowest BCUT2D eigenvalue weighted by Gasteiger charge is -2.23. The molecule has 0 aromatic heterocycles. The summed E-state index contributed by atoms with van der Waals surface area (Å²) < 4.78 is 27.6. The Kier molecular flexibility index (Phi) is 12.4. The molecule has 0 aromatic carbocycles. The van der Waals surface area contributed by atoms with Crippen LogP contribution in [0.4, 0.5) is 0 Å². The molecule has 0 saturated heterocycles. The predicted molar refractivity (Wildman–Crippen MR) is 102 cm³/mol. The number of carbonyl (C=O) groups is 4. The van der Waals surface area contributed by atoms with Crippen molar-refractivity contribution in [2.24, 2.45) is 5.92 Å². The van der Waals surface area contributed by atoms with Crippen LogP contribution in [0.5, 0.6) is 0 Å². The van der Waals surface area contributed by atoms with E-state index in [2.05, 4.69) is 15.4 Å². The fourth-order valence-electron chi connectivity index (χ4n) is 2.57. The Morgan fingerprint density at radius 1 is 1.04 bits per heavy atom. The molecule has 28 heavy (non-hydrogen) atoms. The van der Waals surface area contributed by atoms with Crippen molar-refractivity contribution in [3.8, 4) is 0 Å². The minimum atomic E-state index is -3.33. The molecule has 0 saturated carbocycles. The zero-order chi connectivity index (χ0) is 21.7. The van der Waals surface area contributed by atoms with Gasteiger partial charge in [-0.3, -0.25) is 23.7 Å². The van der Waals surface area contributed by atoms with E-state index in [-0.39, 0.29) is 31.6 Å². The van der Waals surface area contributed by atoms with E-state index in [0.29, 0.717) is 6.54 Å². The molecule has 0 aliphatic carbocycles. The van der Waals surface area contributed by atoms with E-state index in [1.54, 1.807) is 6.92 Å². The number of carbonyl (C=O) groups excluding carboxylic acids is 4. The number of methoxy groups -OCH3 is 2. The fraction of sp³-hybridized carbons (Fsp3) is 0.765. The van der Waals surface area contributed by atoms with Gasteiger partial charge in [0.2, 0.25) is 19.2 Å². The zero-order valence-electron chi connectivity index (χ0n) is 17.1. The van der Waals surface area contributed by atoms with Crippen molar-refractivity contribution in [1.29, 1.82) is 0 Å². The quantitative estimate of drug-likeness (QED) is 0.327. The number of hydrogen-bond donors (Lipinski definition) is 2. The summed E-state index contributed by atoms with van der Waals surface area (Å²) in [4.78, 5) is 46.8. The first-order valence-corrected chi connectivity index (χ1v) is 10.9. The summed E-state index contributed by atoms with van der Waals surface area (Å²) in [5.74, 6) is -2.71. The van der Waals surface area contributed by atoms with E-state index in [4.69, 9.17) is 9.26 Å². The minimum absolute atomic E-state index is 0.0305. The van der Waals surface area contributed by atoms with E-state index in [0.717, 1.165) is 0 Å². The molecule has 0 aliphatic heterocycles. The molecular formula is C17H31N2O8P. The van der Waals surface area contributed by atoms with Gasteiger partial charge in [-0.15, -0.1) is 0 Å². The van der Waals surface area contributed by atoms with Crippen LogP contribution in [-0.2, 0) is 37.7 Å². The molecule has 3 atom stereocenters. The molecule has 10 nitrogen and oxygen atoms in total. The maximum atomic E-state index is 13.1. The van der Waals surface area contributed by atoms with Crippen LogP contribution >= 0.6 is 7.37 Å². The van der Waals surface area contributed by atoms with Crippen molar-refractivity contribution in [1.82, 2.24) is 10.6 Å². The van der Waals surface area contributed by atoms with E-state index >= 15 is 0 Å². The highest BCUT2D eigenvalue weighted by atomic mass is 31.2. The van der Waals surface area contributed by atoms with Gasteiger partial charge in [-0.05, 0) is 19.8 Å². The van der Waals surface area contributed by atoms with Crippen LogP contribution in [0, 0.1) is 5.92 Å². The van der Waals surface area contributed by atoms with E-state index in [9.17, 15) is 23.7 Å². The largest absolute Gasteiger partial charge is 0.469 e. The van der Waals surface area contributed by atoms with Crippen molar-refractivity contribution in [2.45, 2.75) is 39.2 Å². The van der Waals surface area contributed by atoms with Gasteiger partial charge in [0, 0.05) is 39.3 Å². The van der Waals surface area contributed by atoms with Gasteiger partial charge < -0.3 is 24.6 Å². The molecule has 2 amide bonds. The average molecular weight is 422 g/mol. The smallest absolute Gasteiger partial charge is 0.309 e. The standard InChI is InChI=1S/C17H31N2O8P/c1-6-18-16(22)14(19-12(2)20)9-10-28(24,27-5)11-13(17(23)26-4)7-8-15(21)25-3/h13-14H,6-11H2,1-5H3,(H,18,22)(H,19,20)/t13?,14-,28?/m0/s1. The molecule has 0 aliphatic rings. The molecule has 0 rings (SSSR count). The Hall–Kier alpha value is -1.93. The molecular weight excluding hydrogens is 391 g/mol. The molecule has 0 spiro atoms. The lowest BCUT2D eigenvalue weighted by atomic mass is 10.1. The normalized spacial score (nSPS) is 14.9. The van der Waals surface area contributed by atoms with Gasteiger partial charge in [-0.1, -0.05) is 0 Å². The first-order chi connectivity index (χ1) is 13.1. The number of rotatable bonds is 13. The van der Waals surface area contributed by atoms with Crippen LogP contribution < -0.4 is 10.6 Å². The molecule has 162 valence electrons. The monoisotopic (exact) mass is 422 g/mol. The van der Waals surface area contributed by atoms with Crippen LogP contribution in [0.15, 0.2) is 0 Å². The number of hydrogen-bond acceptors (Lipinski definition) is 8. The van der Waals surface area contributed by atoms with Gasteiger partial charge >= 0.3 is 11.9 Å². The topological polar surface area (TPSA) is 137 Å². The number of esters is 2. The summed E-state index contributed by atoms with van der Waals surface area (Å²) in [5, 5.41) is 5.12. The molecule has 2 unspecified atom stereocenters. The summed E-state index contributed by atoms with van der Waals surface area (Å²) in [6.07, 6.45) is -0.0420. The Morgan fingerprint density at radius 3 is 2.14 bits per heavy atom. The van der Waals surface area contributed by atoms with Gasteiger partial charge in [-0.25, -0.2) is 0 Å². The highest BCUT2D eigenvalue weighted by molar-refractivity contribution is 7.59. The van der Waals surface area contributed by atoms with Gasteiger partial charge in [0.25, 0.3) is 0 Å². The molecule has 0 bridgehead atoms. The van der Waals surface area contributed by atoms with Crippen molar-refractivity contribution in [3.63, 3.8) is 0 Å². The lowest BCUT2D eigenvalue weighted by molar-refractivity contribution is -0.146. The highest BCUT2D eigenvalue weighted by Crippen LogP contribution is 2.49. The molecule has 0 radical (unpaired) electrons. The summed E-state index contributed by atoms with van der Waals surface area (Å²) in [6, 6.07) is -0.868. The van der Waals surface area contributed by atoms with Crippen LogP contribution in [0.1, 0.15) is 33.1 Å². The zero-order valence-corrected chi connectivity index (χ0v) is 18.0. The van der Waals surface area contributed by atoms with Gasteiger partial charge in [0.1, 0.15) is 6.04 Å². The van der Waals surface area contributed by atoms with E-state index in [1.165, 1.54) is 28.3 Å². The number of nitrogens with one attached hydrogen (secondary N) is 2. The summed E-state index contributed by atoms with van der Waals surface area (Å²) >= 11 is 0. The highest BCUT2D eigenvalue weighted by Gasteiger charge is 2.33. The second kappa shape index (κ2) is 13.3. The lowest BCUT2D eigenvalue weighted by Crippen LogP contribution is -2.46. The van der Waals surface area contributed by atoms with Crippen LogP contribution in [-0.4, -0.2) is 70.0 Å². The Labute approximate surface area is 165 Å². The molecule has 0 fully saturated rings. The van der Waals surface area contributed by atoms with Crippen molar-refractivity contribution in [2.75, 3.05) is 40.2 Å². The molecule has 11 heteroatoms. The summed E-state index contributed by atoms with van der Waals surface area (Å²) in [6.45, 7) is 3.40. The third-order valence-electron chi connectivity index (χ3n) is 4.09.